The largest absolute Gasteiger partial charge is 0.381 e. The maximum atomic E-state index is 12.2. The molecule has 0 amide bonds. The molecule has 2 aromatic rings. The van der Waals surface area contributed by atoms with Crippen LogP contribution in [0.5, 0.6) is 0 Å². The van der Waals surface area contributed by atoms with Crippen molar-refractivity contribution in [1.82, 2.24) is 9.55 Å². The lowest BCUT2D eigenvalue weighted by atomic mass is 10.1. The molecule has 1 aromatic heterocycles. The van der Waals surface area contributed by atoms with Crippen molar-refractivity contribution in [2.24, 2.45) is 7.05 Å². The van der Waals surface area contributed by atoms with E-state index in [-0.39, 0.29) is 17.3 Å². The normalized spacial score (nSPS) is 11.0. The number of nitrogens with zero attached hydrogens (tertiary/aromatic N) is 3. The van der Waals surface area contributed by atoms with Crippen LogP contribution in [0.2, 0.25) is 0 Å². The Hall–Kier alpha value is -2.53. The van der Waals surface area contributed by atoms with E-state index in [9.17, 15) is 8.42 Å². The average Bonchev–Trinajstić information content (AvgIpc) is 2.72. The van der Waals surface area contributed by atoms with Crippen molar-refractivity contribution in [3.8, 4) is 6.07 Å². The number of nitrogens with one attached hydrogen (secondary N) is 1. The minimum Gasteiger partial charge on any atom is -0.381 e. The van der Waals surface area contributed by atoms with Crippen molar-refractivity contribution < 1.29 is 8.42 Å². The number of aromatic nitrogens is 2. The van der Waals surface area contributed by atoms with Gasteiger partial charge in [-0.25, -0.2) is 4.98 Å². The molecule has 0 saturated carbocycles. The van der Waals surface area contributed by atoms with Crippen molar-refractivity contribution >= 4 is 21.5 Å². The Morgan fingerprint density at radius 3 is 2.55 bits per heavy atom. The second kappa shape index (κ2) is 5.22. The summed E-state index contributed by atoms with van der Waals surface area (Å²) in [4.78, 5) is 3.75. The van der Waals surface area contributed by atoms with Crippen LogP contribution in [-0.2, 0) is 23.5 Å². The minimum atomic E-state index is -3.80. The molecule has 0 aliphatic rings. The van der Waals surface area contributed by atoms with Gasteiger partial charge in [-0.15, -0.1) is 0 Å². The van der Waals surface area contributed by atoms with Gasteiger partial charge in [0, 0.05) is 12.7 Å². The third-order valence-electron chi connectivity index (χ3n) is 2.65. The van der Waals surface area contributed by atoms with Crippen molar-refractivity contribution in [2.75, 3.05) is 10.5 Å². The molecule has 0 atom stereocenters. The summed E-state index contributed by atoms with van der Waals surface area (Å²) in [6, 6.07) is 8.59. The fourth-order valence-electron chi connectivity index (χ4n) is 1.75. The monoisotopic (exact) mass is 291 g/mol. The number of imidazole rings is 1. The first-order valence-corrected chi connectivity index (χ1v) is 7.18. The first-order valence-electron chi connectivity index (χ1n) is 5.69. The predicted octanol–water partition coefficient (Wildman–Crippen LogP) is 0.869. The van der Waals surface area contributed by atoms with Gasteiger partial charge < -0.3 is 10.3 Å². The van der Waals surface area contributed by atoms with Crippen LogP contribution in [0.25, 0.3) is 0 Å². The second-order valence-electron chi connectivity index (χ2n) is 4.18. The number of aryl methyl sites for hydroxylation is 1. The summed E-state index contributed by atoms with van der Waals surface area (Å²) in [5, 5.41) is 8.49. The van der Waals surface area contributed by atoms with Crippen LogP contribution in [0, 0.1) is 11.3 Å². The van der Waals surface area contributed by atoms with E-state index in [0.717, 1.165) is 5.56 Å². The molecule has 20 heavy (non-hydrogen) atoms. The van der Waals surface area contributed by atoms with Crippen molar-refractivity contribution in [1.29, 1.82) is 5.26 Å². The quantitative estimate of drug-likeness (QED) is 0.867. The molecule has 3 N–H and O–H groups in total. The highest BCUT2D eigenvalue weighted by molar-refractivity contribution is 7.92. The summed E-state index contributed by atoms with van der Waals surface area (Å²) in [5.74, 6) is -0.0545. The predicted molar refractivity (Wildman–Crippen MR) is 74.2 cm³/mol. The molecule has 104 valence electrons. The highest BCUT2D eigenvalue weighted by Crippen LogP contribution is 2.20. The molecule has 0 bridgehead atoms. The molecule has 0 aliphatic carbocycles. The fourth-order valence-corrected chi connectivity index (χ4v) is 3.05. The average molecular weight is 291 g/mol. The molecular weight excluding hydrogens is 278 g/mol. The summed E-state index contributed by atoms with van der Waals surface area (Å²) < 4.78 is 28.2. The lowest BCUT2D eigenvalue weighted by Crippen LogP contribution is -2.17. The Kier molecular flexibility index (Phi) is 3.63. The van der Waals surface area contributed by atoms with Crippen LogP contribution < -0.4 is 10.5 Å². The molecule has 0 saturated heterocycles. The van der Waals surface area contributed by atoms with E-state index >= 15 is 0 Å². The maximum Gasteiger partial charge on any atom is 0.281 e. The Bertz CT molecular complexity index is 737. The van der Waals surface area contributed by atoms with Gasteiger partial charge in [0.25, 0.3) is 10.0 Å². The molecule has 0 unspecified atom stereocenters. The molecule has 0 aliphatic heterocycles. The van der Waals surface area contributed by atoms with Crippen molar-refractivity contribution in [3.63, 3.8) is 0 Å². The molecular formula is C12H13N5O2S. The summed E-state index contributed by atoms with van der Waals surface area (Å²) in [5.41, 5.74) is 6.77. The Balaban J connectivity index is 2.27. The SMILES string of the molecule is Cn1cnc(N)c1S(=O)(=O)Nc1ccc(CC#N)cc1. The third kappa shape index (κ3) is 2.73. The van der Waals surface area contributed by atoms with Crippen molar-refractivity contribution in [2.45, 2.75) is 11.4 Å². The summed E-state index contributed by atoms with van der Waals surface area (Å²) in [7, 11) is -2.25. The minimum absolute atomic E-state index is 0.0545. The van der Waals surface area contributed by atoms with Gasteiger partial charge in [0.1, 0.15) is 0 Å². The number of rotatable bonds is 4. The van der Waals surface area contributed by atoms with Crippen LogP contribution in [0.3, 0.4) is 0 Å². The van der Waals surface area contributed by atoms with E-state index in [0.29, 0.717) is 5.69 Å². The molecule has 8 heteroatoms. The van der Waals surface area contributed by atoms with E-state index in [1.165, 1.54) is 10.9 Å². The van der Waals surface area contributed by atoms with E-state index in [1.54, 1.807) is 31.3 Å². The zero-order valence-corrected chi connectivity index (χ0v) is 11.6. The zero-order valence-electron chi connectivity index (χ0n) is 10.7. The zero-order chi connectivity index (χ0) is 14.8. The van der Waals surface area contributed by atoms with Gasteiger partial charge in [-0.1, -0.05) is 12.1 Å². The number of anilines is 2. The molecule has 0 fully saturated rings. The Morgan fingerprint density at radius 1 is 1.40 bits per heavy atom. The molecule has 1 aromatic carbocycles. The van der Waals surface area contributed by atoms with Gasteiger partial charge in [-0.3, -0.25) is 4.72 Å². The smallest absolute Gasteiger partial charge is 0.281 e. The number of nitriles is 1. The summed E-state index contributed by atoms with van der Waals surface area (Å²) in [6.45, 7) is 0. The van der Waals surface area contributed by atoms with E-state index < -0.39 is 10.0 Å². The lowest BCUT2D eigenvalue weighted by molar-refractivity contribution is 0.592. The van der Waals surface area contributed by atoms with Gasteiger partial charge in [0.05, 0.1) is 18.8 Å². The van der Waals surface area contributed by atoms with E-state index in [4.69, 9.17) is 11.0 Å². The van der Waals surface area contributed by atoms with Gasteiger partial charge in [-0.05, 0) is 17.7 Å². The number of nitrogen functional groups attached to an aromatic ring is 1. The van der Waals surface area contributed by atoms with Gasteiger partial charge >= 0.3 is 0 Å². The lowest BCUT2D eigenvalue weighted by Gasteiger charge is -2.09. The van der Waals surface area contributed by atoms with E-state index in [1.807, 2.05) is 6.07 Å². The summed E-state index contributed by atoms with van der Waals surface area (Å²) >= 11 is 0. The fraction of sp³-hybridized carbons (Fsp3) is 0.167. The number of benzene rings is 1. The molecule has 2 rings (SSSR count). The van der Waals surface area contributed by atoms with E-state index in [2.05, 4.69) is 9.71 Å². The Labute approximate surface area is 116 Å². The third-order valence-corrected chi connectivity index (χ3v) is 4.16. The van der Waals surface area contributed by atoms with Gasteiger partial charge in [-0.2, -0.15) is 13.7 Å². The maximum absolute atomic E-state index is 12.2. The summed E-state index contributed by atoms with van der Waals surface area (Å²) in [6.07, 6.45) is 1.61. The second-order valence-corrected chi connectivity index (χ2v) is 5.78. The van der Waals surface area contributed by atoms with Gasteiger partial charge in [0.2, 0.25) is 0 Å². The molecule has 0 spiro atoms. The van der Waals surface area contributed by atoms with Crippen molar-refractivity contribution in [3.05, 3.63) is 36.2 Å². The number of nitrogens with two attached hydrogens (primary N) is 1. The number of hydrogen-bond donors (Lipinski definition) is 2. The molecule has 1 heterocycles. The van der Waals surface area contributed by atoms with Crippen LogP contribution in [0.4, 0.5) is 11.5 Å². The Morgan fingerprint density at radius 2 is 2.05 bits per heavy atom. The first kappa shape index (κ1) is 13.9. The van der Waals surface area contributed by atoms with Crippen LogP contribution in [-0.4, -0.2) is 18.0 Å². The van der Waals surface area contributed by atoms with Gasteiger partial charge in [0.15, 0.2) is 10.8 Å². The first-order chi connectivity index (χ1) is 9.44. The topological polar surface area (TPSA) is 114 Å². The van der Waals surface area contributed by atoms with Crippen LogP contribution in [0.15, 0.2) is 35.6 Å². The number of sulfonamides is 1. The molecule has 7 nitrogen and oxygen atoms in total. The highest BCUT2D eigenvalue weighted by Gasteiger charge is 2.22. The van der Waals surface area contributed by atoms with Crippen LogP contribution in [0.1, 0.15) is 5.56 Å². The molecule has 0 radical (unpaired) electrons. The van der Waals surface area contributed by atoms with Crippen LogP contribution >= 0.6 is 0 Å². The standard InChI is InChI=1S/C12H13N5O2S/c1-17-8-15-11(14)12(17)20(18,19)16-10-4-2-9(3-5-10)6-7-13/h2-5,8,16H,6,14H2,1H3. The number of hydrogen-bond acceptors (Lipinski definition) is 5. The highest BCUT2D eigenvalue weighted by atomic mass is 32.2.